The molecule has 0 aromatic carbocycles. The van der Waals surface area contributed by atoms with Gasteiger partial charge in [0.1, 0.15) is 0 Å². The molecule has 2 rings (SSSR count). The highest BCUT2D eigenvalue weighted by molar-refractivity contribution is 7.91. The number of hydrogen-bond donors (Lipinski definition) is 1. The van der Waals surface area contributed by atoms with Crippen LogP contribution in [0.25, 0.3) is 0 Å². The van der Waals surface area contributed by atoms with Crippen LogP contribution < -0.4 is 0 Å². The topological polar surface area (TPSA) is 77.9 Å². The number of likely N-dealkylation sites (tertiary alicyclic amines) is 1. The van der Waals surface area contributed by atoms with Crippen molar-refractivity contribution in [1.29, 1.82) is 0 Å². The van der Waals surface area contributed by atoms with Gasteiger partial charge in [0.2, 0.25) is 5.91 Å². The Morgan fingerprint density at radius 1 is 1.18 bits per heavy atom. The Balaban J connectivity index is 1.93. The Morgan fingerprint density at radius 3 is 2.32 bits per heavy atom. The molecule has 2 fully saturated rings. The second-order valence-electron chi connectivity index (χ2n) is 5.88. The number of amides is 1. The van der Waals surface area contributed by atoms with Crippen LogP contribution in [0.4, 0.5) is 13.2 Å². The summed E-state index contributed by atoms with van der Waals surface area (Å²) >= 11 is 0. The molecule has 1 atom stereocenters. The van der Waals surface area contributed by atoms with Crippen LogP contribution in [0.3, 0.4) is 0 Å². The fraction of sp³-hybridized carbons (Fsp3) is 0.917. The largest absolute Gasteiger partial charge is 0.418 e. The van der Waals surface area contributed by atoms with Gasteiger partial charge in [0.05, 0.1) is 24.6 Å². The van der Waals surface area contributed by atoms with E-state index in [1.165, 1.54) is 0 Å². The van der Waals surface area contributed by atoms with Gasteiger partial charge in [-0.25, -0.2) is 8.42 Å². The molecular weight excluding hydrogens is 325 g/mol. The summed E-state index contributed by atoms with van der Waals surface area (Å²) in [4.78, 5) is 14.7. The van der Waals surface area contributed by atoms with Gasteiger partial charge in [-0.2, -0.15) is 13.2 Å². The first kappa shape index (κ1) is 17.5. The summed E-state index contributed by atoms with van der Waals surface area (Å²) in [6, 6.07) is 0. The zero-order valence-corrected chi connectivity index (χ0v) is 12.8. The van der Waals surface area contributed by atoms with Crippen LogP contribution in [0.2, 0.25) is 0 Å². The van der Waals surface area contributed by atoms with Gasteiger partial charge in [0, 0.05) is 19.6 Å². The molecule has 2 heterocycles. The highest BCUT2D eigenvalue weighted by Crippen LogP contribution is 2.37. The van der Waals surface area contributed by atoms with Crippen molar-refractivity contribution >= 4 is 15.7 Å². The number of nitrogens with zero attached hydrogens (tertiary/aromatic N) is 2. The van der Waals surface area contributed by atoms with Gasteiger partial charge in [-0.1, -0.05) is 0 Å². The lowest BCUT2D eigenvalue weighted by molar-refractivity contribution is -0.272. The molecule has 1 N–H and O–H groups in total. The Labute approximate surface area is 126 Å². The normalized spacial score (nSPS) is 30.3. The van der Waals surface area contributed by atoms with Gasteiger partial charge in [-0.15, -0.1) is 0 Å². The zero-order valence-electron chi connectivity index (χ0n) is 12.0. The summed E-state index contributed by atoms with van der Waals surface area (Å²) in [6.07, 6.45) is -5.11. The van der Waals surface area contributed by atoms with E-state index in [4.69, 9.17) is 0 Å². The van der Waals surface area contributed by atoms with Crippen LogP contribution in [0, 0.1) is 0 Å². The van der Waals surface area contributed by atoms with E-state index in [0.29, 0.717) is 0 Å². The molecule has 0 saturated carbocycles. The molecule has 22 heavy (non-hydrogen) atoms. The lowest BCUT2D eigenvalue weighted by Gasteiger charge is -2.40. The number of sulfone groups is 1. The van der Waals surface area contributed by atoms with E-state index in [9.17, 15) is 31.5 Å². The number of hydrogen-bond acceptors (Lipinski definition) is 5. The number of carbonyl (C=O) groups excluding carboxylic acids is 1. The van der Waals surface area contributed by atoms with Gasteiger partial charge < -0.3 is 10.0 Å². The lowest BCUT2D eigenvalue weighted by Crippen LogP contribution is -2.59. The quantitative estimate of drug-likeness (QED) is 0.740. The van der Waals surface area contributed by atoms with E-state index < -0.39 is 40.5 Å². The number of piperidine rings is 1. The first-order valence-corrected chi connectivity index (χ1v) is 8.84. The summed E-state index contributed by atoms with van der Waals surface area (Å²) in [5, 5.41) is 9.69. The third-order valence-corrected chi connectivity index (χ3v) is 5.76. The molecule has 1 amide bonds. The molecule has 128 valence electrons. The van der Waals surface area contributed by atoms with Crippen LogP contribution >= 0.6 is 0 Å². The number of alkyl halides is 3. The molecule has 2 aliphatic rings. The van der Waals surface area contributed by atoms with Crippen molar-refractivity contribution < 1.29 is 31.5 Å². The van der Waals surface area contributed by atoms with Crippen LogP contribution in [-0.4, -0.2) is 85.2 Å². The molecule has 1 unspecified atom stereocenters. The summed E-state index contributed by atoms with van der Waals surface area (Å²) in [7, 11) is -3.07. The SMILES string of the molecule is O=C(CN1CCS(=O)(=O)CC1)N1CCCC(O)(C(F)(F)F)C1. The fourth-order valence-electron chi connectivity index (χ4n) is 2.68. The summed E-state index contributed by atoms with van der Waals surface area (Å²) in [5.74, 6) is -0.610. The van der Waals surface area contributed by atoms with Gasteiger partial charge in [-0.05, 0) is 12.8 Å². The number of halogens is 3. The number of β-amino-alcohol motifs (C(OH)–C–C–N with tert-alkyl or cyclic N) is 1. The second-order valence-corrected chi connectivity index (χ2v) is 8.18. The van der Waals surface area contributed by atoms with E-state index in [1.807, 2.05) is 0 Å². The molecule has 10 heteroatoms. The number of aliphatic hydroxyl groups is 1. The molecule has 6 nitrogen and oxygen atoms in total. The minimum Gasteiger partial charge on any atom is -0.379 e. The van der Waals surface area contributed by atoms with E-state index >= 15 is 0 Å². The van der Waals surface area contributed by atoms with Crippen LogP contribution in [0.15, 0.2) is 0 Å². The predicted molar refractivity (Wildman–Crippen MR) is 71.9 cm³/mol. The maximum Gasteiger partial charge on any atom is 0.418 e. The predicted octanol–water partition coefficient (Wildman–Crippen LogP) is -0.367. The molecule has 0 radical (unpaired) electrons. The Bertz CT molecular complexity index is 523. The molecule has 2 aliphatic heterocycles. The minimum absolute atomic E-state index is 0.0488. The summed E-state index contributed by atoms with van der Waals surface area (Å²) in [6.45, 7) is -0.314. The Morgan fingerprint density at radius 2 is 1.77 bits per heavy atom. The van der Waals surface area contributed by atoms with E-state index in [1.54, 1.807) is 4.90 Å². The molecular formula is C12H19F3N2O4S. The average molecular weight is 344 g/mol. The highest BCUT2D eigenvalue weighted by Gasteiger charge is 2.55. The highest BCUT2D eigenvalue weighted by atomic mass is 32.2. The van der Waals surface area contributed by atoms with E-state index in [-0.39, 0.29) is 44.1 Å². The zero-order chi connectivity index (χ0) is 16.6. The van der Waals surface area contributed by atoms with Gasteiger partial charge in [-0.3, -0.25) is 9.69 Å². The molecule has 0 aromatic heterocycles. The van der Waals surface area contributed by atoms with Gasteiger partial charge >= 0.3 is 6.18 Å². The van der Waals surface area contributed by atoms with Crippen molar-refractivity contribution in [3.8, 4) is 0 Å². The maximum atomic E-state index is 12.8. The second kappa shape index (κ2) is 5.97. The average Bonchev–Trinajstić information content (AvgIpc) is 2.40. The number of carbonyl (C=O) groups is 1. The molecule has 0 spiro atoms. The van der Waals surface area contributed by atoms with Crippen molar-refractivity contribution in [2.75, 3.05) is 44.2 Å². The molecule has 2 saturated heterocycles. The van der Waals surface area contributed by atoms with E-state index in [0.717, 1.165) is 4.90 Å². The maximum absolute atomic E-state index is 12.8. The van der Waals surface area contributed by atoms with Crippen molar-refractivity contribution in [2.24, 2.45) is 0 Å². The minimum atomic E-state index is -4.77. The standard InChI is InChI=1S/C12H19F3N2O4S/c13-12(14,15)11(19)2-1-3-17(9-11)10(18)8-16-4-6-22(20,21)7-5-16/h19H,1-9H2. The molecule has 0 aromatic rings. The molecule has 0 aliphatic carbocycles. The monoisotopic (exact) mass is 344 g/mol. The lowest BCUT2D eigenvalue weighted by atomic mass is 9.92. The number of rotatable bonds is 2. The summed E-state index contributed by atoms with van der Waals surface area (Å²) < 4.78 is 61.1. The smallest absolute Gasteiger partial charge is 0.379 e. The van der Waals surface area contributed by atoms with Crippen molar-refractivity contribution in [2.45, 2.75) is 24.6 Å². The van der Waals surface area contributed by atoms with Crippen molar-refractivity contribution in [3.05, 3.63) is 0 Å². The Kier molecular flexibility index (Phi) is 4.74. The van der Waals surface area contributed by atoms with Crippen molar-refractivity contribution in [3.63, 3.8) is 0 Å². The third-order valence-electron chi connectivity index (χ3n) is 4.15. The van der Waals surface area contributed by atoms with Crippen LogP contribution in [0.1, 0.15) is 12.8 Å². The van der Waals surface area contributed by atoms with Crippen molar-refractivity contribution in [1.82, 2.24) is 9.80 Å². The fourth-order valence-corrected chi connectivity index (χ4v) is 3.96. The van der Waals surface area contributed by atoms with Crippen LogP contribution in [0.5, 0.6) is 0 Å². The van der Waals surface area contributed by atoms with Gasteiger partial charge in [0.15, 0.2) is 15.4 Å². The first-order chi connectivity index (χ1) is 10.0. The molecule has 0 bridgehead atoms. The first-order valence-electron chi connectivity index (χ1n) is 7.02. The third kappa shape index (κ3) is 3.90. The van der Waals surface area contributed by atoms with Gasteiger partial charge in [0.25, 0.3) is 0 Å². The Hall–Kier alpha value is -0.870. The van der Waals surface area contributed by atoms with Crippen LogP contribution in [-0.2, 0) is 14.6 Å². The van der Waals surface area contributed by atoms with E-state index in [2.05, 4.69) is 0 Å². The summed E-state index contributed by atoms with van der Waals surface area (Å²) in [5.41, 5.74) is -2.86.